The maximum absolute atomic E-state index is 13.3. The third-order valence-corrected chi connectivity index (χ3v) is 4.02. The van der Waals surface area contributed by atoms with Gasteiger partial charge in [-0.3, -0.25) is 4.79 Å². The monoisotopic (exact) mass is 328 g/mol. The summed E-state index contributed by atoms with van der Waals surface area (Å²) in [6.07, 6.45) is -4.60. The standard InChI is InChI=1S/C15H12F4N2O2/c16-9-3-1-8-2-4-13(20-12(8)5-9)21-6-10(14(22)23)11(7-21)15(17,18)19/h1-5,10-11H,6-7H2,(H,22,23)/t10-,11-/m1/s1. The number of benzene rings is 1. The molecule has 1 aliphatic rings. The summed E-state index contributed by atoms with van der Waals surface area (Å²) < 4.78 is 52.3. The summed E-state index contributed by atoms with van der Waals surface area (Å²) in [6, 6.07) is 7.10. The molecule has 2 heterocycles. The molecule has 0 amide bonds. The number of aromatic nitrogens is 1. The molecule has 8 heteroatoms. The van der Waals surface area contributed by atoms with Crippen LogP contribution >= 0.6 is 0 Å². The molecule has 1 fully saturated rings. The zero-order chi connectivity index (χ0) is 16.8. The van der Waals surface area contributed by atoms with Gasteiger partial charge < -0.3 is 10.0 Å². The van der Waals surface area contributed by atoms with Crippen LogP contribution in [0.15, 0.2) is 30.3 Å². The Kier molecular flexibility index (Phi) is 3.62. The lowest BCUT2D eigenvalue weighted by Crippen LogP contribution is -2.33. The highest BCUT2D eigenvalue weighted by Crippen LogP contribution is 2.39. The van der Waals surface area contributed by atoms with E-state index in [0.29, 0.717) is 10.9 Å². The summed E-state index contributed by atoms with van der Waals surface area (Å²) in [5.41, 5.74) is 0.310. The van der Waals surface area contributed by atoms with Crippen LogP contribution in [0.5, 0.6) is 0 Å². The van der Waals surface area contributed by atoms with Gasteiger partial charge in [0.05, 0.1) is 17.4 Å². The number of pyridine rings is 1. The van der Waals surface area contributed by atoms with E-state index in [0.717, 1.165) is 0 Å². The average molecular weight is 328 g/mol. The van der Waals surface area contributed by atoms with E-state index < -0.39 is 36.3 Å². The Morgan fingerprint density at radius 3 is 2.52 bits per heavy atom. The molecule has 0 unspecified atom stereocenters. The third kappa shape index (κ3) is 2.93. The first-order chi connectivity index (χ1) is 10.8. The van der Waals surface area contributed by atoms with Gasteiger partial charge in [0.25, 0.3) is 0 Å². The molecule has 2 aromatic rings. The summed E-state index contributed by atoms with van der Waals surface area (Å²) in [5, 5.41) is 9.67. The number of hydrogen-bond acceptors (Lipinski definition) is 3. The van der Waals surface area contributed by atoms with Crippen LogP contribution in [-0.2, 0) is 4.79 Å². The van der Waals surface area contributed by atoms with Crippen LogP contribution in [0.25, 0.3) is 10.9 Å². The topological polar surface area (TPSA) is 53.4 Å². The highest BCUT2D eigenvalue weighted by Gasteiger charge is 2.52. The van der Waals surface area contributed by atoms with Crippen molar-refractivity contribution in [3.8, 4) is 0 Å². The Morgan fingerprint density at radius 1 is 1.22 bits per heavy atom. The number of hydrogen-bond donors (Lipinski definition) is 1. The van der Waals surface area contributed by atoms with Crippen molar-refractivity contribution in [2.75, 3.05) is 18.0 Å². The lowest BCUT2D eigenvalue weighted by Gasteiger charge is -2.19. The first-order valence-electron chi connectivity index (χ1n) is 6.86. The average Bonchev–Trinajstić information content (AvgIpc) is 2.92. The SMILES string of the molecule is O=C(O)[C@@H]1CN(c2ccc3ccc(F)cc3n2)C[C@H]1C(F)(F)F. The fraction of sp³-hybridized carbons (Fsp3) is 0.333. The van der Waals surface area contributed by atoms with E-state index in [1.165, 1.54) is 29.2 Å². The van der Waals surface area contributed by atoms with Crippen LogP contribution in [0, 0.1) is 17.7 Å². The lowest BCUT2D eigenvalue weighted by atomic mass is 9.96. The Balaban J connectivity index is 1.94. The van der Waals surface area contributed by atoms with Crippen LogP contribution in [0.1, 0.15) is 0 Å². The van der Waals surface area contributed by atoms with Crippen LogP contribution in [-0.4, -0.2) is 35.3 Å². The second kappa shape index (κ2) is 5.36. The molecule has 1 aliphatic heterocycles. The number of rotatable bonds is 2. The van der Waals surface area contributed by atoms with Gasteiger partial charge in [0.1, 0.15) is 11.6 Å². The quantitative estimate of drug-likeness (QED) is 0.861. The second-order valence-electron chi connectivity index (χ2n) is 5.50. The van der Waals surface area contributed by atoms with Crippen molar-refractivity contribution in [2.45, 2.75) is 6.18 Å². The minimum atomic E-state index is -4.60. The van der Waals surface area contributed by atoms with Gasteiger partial charge in [-0.1, -0.05) is 0 Å². The number of alkyl halides is 3. The predicted octanol–water partition coefficient (Wildman–Crippen LogP) is 3.07. The molecule has 1 saturated heterocycles. The van der Waals surface area contributed by atoms with Crippen LogP contribution in [0.2, 0.25) is 0 Å². The molecule has 4 nitrogen and oxygen atoms in total. The van der Waals surface area contributed by atoms with E-state index in [4.69, 9.17) is 5.11 Å². The van der Waals surface area contributed by atoms with Gasteiger partial charge in [-0.2, -0.15) is 13.2 Å². The Labute approximate surface area is 128 Å². The summed E-state index contributed by atoms with van der Waals surface area (Å²) in [6.45, 7) is -0.762. The first kappa shape index (κ1) is 15.5. The number of nitrogens with zero attached hydrogens (tertiary/aromatic N) is 2. The molecule has 122 valence electrons. The van der Waals surface area contributed by atoms with E-state index >= 15 is 0 Å². The molecule has 1 aromatic carbocycles. The highest BCUT2D eigenvalue weighted by atomic mass is 19.4. The number of halogens is 4. The number of aliphatic carboxylic acids is 1. The lowest BCUT2D eigenvalue weighted by molar-refractivity contribution is -0.187. The van der Waals surface area contributed by atoms with Crippen molar-refractivity contribution >= 4 is 22.7 Å². The fourth-order valence-corrected chi connectivity index (χ4v) is 2.83. The van der Waals surface area contributed by atoms with Gasteiger partial charge in [0.2, 0.25) is 0 Å². The van der Waals surface area contributed by atoms with Crippen molar-refractivity contribution in [3.63, 3.8) is 0 Å². The van der Waals surface area contributed by atoms with Crippen LogP contribution < -0.4 is 4.90 Å². The highest BCUT2D eigenvalue weighted by molar-refractivity contribution is 5.80. The van der Waals surface area contributed by atoms with Gasteiger partial charge in [-0.15, -0.1) is 0 Å². The molecule has 2 atom stereocenters. The van der Waals surface area contributed by atoms with Gasteiger partial charge >= 0.3 is 12.1 Å². The Morgan fingerprint density at radius 2 is 1.91 bits per heavy atom. The first-order valence-corrected chi connectivity index (χ1v) is 6.86. The van der Waals surface area contributed by atoms with E-state index in [-0.39, 0.29) is 12.4 Å². The van der Waals surface area contributed by atoms with Crippen molar-refractivity contribution in [1.29, 1.82) is 0 Å². The van der Waals surface area contributed by atoms with Crippen molar-refractivity contribution < 1.29 is 27.5 Å². The largest absolute Gasteiger partial charge is 0.481 e. The minimum Gasteiger partial charge on any atom is -0.481 e. The number of carbonyl (C=O) groups is 1. The van der Waals surface area contributed by atoms with Crippen molar-refractivity contribution in [3.05, 3.63) is 36.1 Å². The van der Waals surface area contributed by atoms with Crippen molar-refractivity contribution in [1.82, 2.24) is 4.98 Å². The molecular weight excluding hydrogens is 316 g/mol. The molecule has 0 bridgehead atoms. The number of anilines is 1. The number of carboxylic acids is 1. The van der Waals surface area contributed by atoms with Gasteiger partial charge in [-0.05, 0) is 24.3 Å². The van der Waals surface area contributed by atoms with E-state index in [2.05, 4.69) is 4.98 Å². The summed E-state index contributed by atoms with van der Waals surface area (Å²) in [5.74, 6) is -5.27. The van der Waals surface area contributed by atoms with Gasteiger partial charge in [-0.25, -0.2) is 9.37 Å². The second-order valence-corrected chi connectivity index (χ2v) is 5.50. The normalized spacial score (nSPS) is 21.8. The maximum atomic E-state index is 13.3. The smallest absolute Gasteiger partial charge is 0.394 e. The summed E-state index contributed by atoms with van der Waals surface area (Å²) >= 11 is 0. The number of carboxylic acid groups (broad SMARTS) is 1. The zero-order valence-corrected chi connectivity index (χ0v) is 11.7. The number of fused-ring (bicyclic) bond motifs is 1. The predicted molar refractivity (Wildman–Crippen MR) is 74.6 cm³/mol. The molecule has 0 spiro atoms. The Bertz CT molecular complexity index is 763. The fourth-order valence-electron chi connectivity index (χ4n) is 2.83. The molecule has 0 aliphatic carbocycles. The zero-order valence-electron chi connectivity index (χ0n) is 11.7. The Hall–Kier alpha value is -2.38. The van der Waals surface area contributed by atoms with E-state index in [1.54, 1.807) is 6.07 Å². The summed E-state index contributed by atoms with van der Waals surface area (Å²) in [4.78, 5) is 16.5. The molecule has 3 rings (SSSR count). The van der Waals surface area contributed by atoms with Crippen molar-refractivity contribution in [2.24, 2.45) is 11.8 Å². The maximum Gasteiger partial charge on any atom is 0.394 e. The molecule has 1 aromatic heterocycles. The van der Waals surface area contributed by atoms with Crippen LogP contribution in [0.3, 0.4) is 0 Å². The summed E-state index contributed by atoms with van der Waals surface area (Å²) in [7, 11) is 0. The molecule has 0 radical (unpaired) electrons. The molecule has 23 heavy (non-hydrogen) atoms. The van der Waals surface area contributed by atoms with E-state index in [1.807, 2.05) is 0 Å². The molecule has 1 N–H and O–H groups in total. The third-order valence-electron chi connectivity index (χ3n) is 4.02. The molecular formula is C15H12F4N2O2. The minimum absolute atomic E-state index is 0.209. The van der Waals surface area contributed by atoms with E-state index in [9.17, 15) is 22.4 Å². The van der Waals surface area contributed by atoms with Gasteiger partial charge in [0, 0.05) is 24.5 Å². The van der Waals surface area contributed by atoms with Gasteiger partial charge in [0.15, 0.2) is 0 Å². The van der Waals surface area contributed by atoms with Crippen LogP contribution in [0.4, 0.5) is 23.4 Å². The molecule has 0 saturated carbocycles.